The Labute approximate surface area is 99.2 Å². The van der Waals surface area contributed by atoms with Gasteiger partial charge in [-0.05, 0) is 31.7 Å². The summed E-state index contributed by atoms with van der Waals surface area (Å²) in [4.78, 5) is 13.7. The van der Waals surface area contributed by atoms with Crippen LogP contribution in [0.4, 0.5) is 5.69 Å². The predicted molar refractivity (Wildman–Crippen MR) is 62.7 cm³/mol. The number of aromatic amines is 1. The molecule has 1 aromatic heterocycles. The Bertz CT molecular complexity index is 447. The summed E-state index contributed by atoms with van der Waals surface area (Å²) in [5, 5.41) is 12.2. The molecule has 17 heavy (non-hydrogen) atoms. The first-order valence-corrected chi connectivity index (χ1v) is 6.08. The van der Waals surface area contributed by atoms with Crippen molar-refractivity contribution in [2.75, 3.05) is 11.9 Å². The highest BCUT2D eigenvalue weighted by molar-refractivity contribution is 5.88. The molecule has 1 aromatic rings. The second-order valence-corrected chi connectivity index (χ2v) is 4.93. The van der Waals surface area contributed by atoms with E-state index in [4.69, 9.17) is 9.84 Å². The zero-order valence-corrected chi connectivity index (χ0v) is 9.58. The third-order valence-corrected chi connectivity index (χ3v) is 3.70. The Morgan fingerprint density at radius 1 is 1.35 bits per heavy atom. The van der Waals surface area contributed by atoms with Gasteiger partial charge in [-0.3, -0.25) is 0 Å². The Morgan fingerprint density at radius 2 is 2.12 bits per heavy atom. The first-order chi connectivity index (χ1) is 8.19. The molecule has 0 saturated heterocycles. The van der Waals surface area contributed by atoms with Gasteiger partial charge in [-0.25, -0.2) is 4.79 Å². The van der Waals surface area contributed by atoms with Crippen LogP contribution >= 0.6 is 0 Å². The largest absolute Gasteiger partial charge is 0.477 e. The second kappa shape index (κ2) is 3.68. The van der Waals surface area contributed by atoms with Crippen LogP contribution in [0.1, 0.15) is 42.6 Å². The number of anilines is 1. The zero-order valence-electron chi connectivity index (χ0n) is 9.58. The fourth-order valence-electron chi connectivity index (χ4n) is 2.75. The van der Waals surface area contributed by atoms with Gasteiger partial charge in [0.1, 0.15) is 11.3 Å². The minimum atomic E-state index is -0.956. The standard InChI is InChI=1S/C12H16N2O3/c15-11(16)9-6-8-10(14-9)17-12(7-13-8)4-2-1-3-5-12/h6,13-14H,1-5,7H2,(H,15,16). The van der Waals surface area contributed by atoms with Crippen molar-refractivity contribution in [1.82, 2.24) is 4.98 Å². The molecular weight excluding hydrogens is 220 g/mol. The summed E-state index contributed by atoms with van der Waals surface area (Å²) in [6, 6.07) is 1.59. The average Bonchev–Trinajstić information content (AvgIpc) is 2.73. The van der Waals surface area contributed by atoms with Gasteiger partial charge < -0.3 is 20.1 Å². The van der Waals surface area contributed by atoms with Crippen LogP contribution in [0.3, 0.4) is 0 Å². The molecule has 1 spiro atoms. The van der Waals surface area contributed by atoms with Crippen molar-refractivity contribution in [3.8, 4) is 5.88 Å². The topological polar surface area (TPSA) is 74.3 Å². The van der Waals surface area contributed by atoms with Gasteiger partial charge in [-0.2, -0.15) is 0 Å². The lowest BCUT2D eigenvalue weighted by Crippen LogP contribution is -2.47. The number of carbonyl (C=O) groups is 1. The third-order valence-electron chi connectivity index (χ3n) is 3.70. The lowest BCUT2D eigenvalue weighted by Gasteiger charge is -2.40. The molecule has 0 atom stereocenters. The molecule has 5 heteroatoms. The Balaban J connectivity index is 1.86. The SMILES string of the molecule is O=C(O)c1cc2c([nH]1)OC1(CCCCC1)CN2. The Hall–Kier alpha value is -1.65. The molecule has 2 heterocycles. The van der Waals surface area contributed by atoms with Gasteiger partial charge in [0.2, 0.25) is 5.88 Å². The molecule has 0 amide bonds. The van der Waals surface area contributed by atoms with Crippen LogP contribution in [0.2, 0.25) is 0 Å². The second-order valence-electron chi connectivity index (χ2n) is 4.93. The van der Waals surface area contributed by atoms with Crippen LogP contribution in [0.25, 0.3) is 0 Å². The van der Waals surface area contributed by atoms with Crippen LogP contribution in [0.15, 0.2) is 6.07 Å². The summed E-state index contributed by atoms with van der Waals surface area (Å²) >= 11 is 0. The molecule has 1 saturated carbocycles. The number of fused-ring (bicyclic) bond motifs is 1. The minimum Gasteiger partial charge on any atom is -0.477 e. The summed E-state index contributed by atoms with van der Waals surface area (Å²) < 4.78 is 6.01. The van der Waals surface area contributed by atoms with Crippen molar-refractivity contribution in [3.63, 3.8) is 0 Å². The van der Waals surface area contributed by atoms with Crippen LogP contribution in [-0.4, -0.2) is 28.2 Å². The number of rotatable bonds is 1. The quantitative estimate of drug-likeness (QED) is 0.699. The number of hydrogen-bond acceptors (Lipinski definition) is 3. The monoisotopic (exact) mass is 236 g/mol. The van der Waals surface area contributed by atoms with E-state index in [1.165, 1.54) is 19.3 Å². The summed E-state index contributed by atoms with van der Waals surface area (Å²) in [6.45, 7) is 0.775. The van der Waals surface area contributed by atoms with E-state index < -0.39 is 5.97 Å². The number of H-pyrrole nitrogens is 1. The molecule has 0 radical (unpaired) electrons. The number of carboxylic acids is 1. The van der Waals surface area contributed by atoms with E-state index in [0.29, 0.717) is 5.88 Å². The van der Waals surface area contributed by atoms with Crippen molar-refractivity contribution in [3.05, 3.63) is 11.8 Å². The normalized spacial score (nSPS) is 21.4. The van der Waals surface area contributed by atoms with Crippen molar-refractivity contribution in [2.45, 2.75) is 37.7 Å². The molecule has 1 fully saturated rings. The molecule has 3 rings (SSSR count). The van der Waals surface area contributed by atoms with Gasteiger partial charge in [-0.1, -0.05) is 6.42 Å². The van der Waals surface area contributed by atoms with Crippen molar-refractivity contribution in [2.24, 2.45) is 0 Å². The van der Waals surface area contributed by atoms with Gasteiger partial charge in [-0.15, -0.1) is 0 Å². The van der Waals surface area contributed by atoms with Crippen LogP contribution in [0.5, 0.6) is 5.88 Å². The molecule has 1 aliphatic carbocycles. The zero-order chi connectivity index (χ0) is 11.9. The lowest BCUT2D eigenvalue weighted by molar-refractivity contribution is 0.0326. The molecule has 3 N–H and O–H groups in total. The van der Waals surface area contributed by atoms with E-state index in [2.05, 4.69) is 10.3 Å². The summed E-state index contributed by atoms with van der Waals surface area (Å²) in [7, 11) is 0. The molecule has 0 bridgehead atoms. The summed E-state index contributed by atoms with van der Waals surface area (Å²) in [5.74, 6) is -0.377. The smallest absolute Gasteiger partial charge is 0.352 e. The van der Waals surface area contributed by atoms with Crippen LogP contribution < -0.4 is 10.1 Å². The number of aromatic nitrogens is 1. The maximum absolute atomic E-state index is 10.9. The van der Waals surface area contributed by atoms with E-state index in [1.54, 1.807) is 6.07 Å². The first-order valence-electron chi connectivity index (χ1n) is 6.08. The number of carboxylic acid groups (broad SMARTS) is 1. The molecule has 5 nitrogen and oxygen atoms in total. The highest BCUT2D eigenvalue weighted by Crippen LogP contribution is 2.39. The third kappa shape index (κ3) is 1.75. The number of aromatic carboxylic acids is 1. The maximum Gasteiger partial charge on any atom is 0.352 e. The summed E-state index contributed by atoms with van der Waals surface area (Å²) in [6.07, 6.45) is 5.72. The van der Waals surface area contributed by atoms with E-state index in [1.807, 2.05) is 0 Å². The van der Waals surface area contributed by atoms with Gasteiger partial charge in [0.15, 0.2) is 0 Å². The number of ether oxygens (including phenoxy) is 1. The molecular formula is C12H16N2O3. The van der Waals surface area contributed by atoms with Crippen molar-refractivity contribution < 1.29 is 14.6 Å². The molecule has 0 aromatic carbocycles. The van der Waals surface area contributed by atoms with Gasteiger partial charge in [0, 0.05) is 0 Å². The van der Waals surface area contributed by atoms with Gasteiger partial charge >= 0.3 is 5.97 Å². The predicted octanol–water partition coefficient (Wildman–Crippen LogP) is 2.22. The van der Waals surface area contributed by atoms with E-state index in [0.717, 1.165) is 25.1 Å². The molecule has 92 valence electrons. The van der Waals surface area contributed by atoms with Gasteiger partial charge in [0.25, 0.3) is 0 Å². The molecule has 1 aliphatic heterocycles. The fourth-order valence-corrected chi connectivity index (χ4v) is 2.75. The Kier molecular flexibility index (Phi) is 2.28. The lowest BCUT2D eigenvalue weighted by atomic mass is 9.84. The number of hydrogen-bond donors (Lipinski definition) is 3. The maximum atomic E-state index is 10.9. The van der Waals surface area contributed by atoms with Crippen LogP contribution in [0, 0.1) is 0 Å². The van der Waals surface area contributed by atoms with Crippen LogP contribution in [-0.2, 0) is 0 Å². The Morgan fingerprint density at radius 3 is 2.82 bits per heavy atom. The van der Waals surface area contributed by atoms with E-state index in [-0.39, 0.29) is 11.3 Å². The molecule has 2 aliphatic rings. The fraction of sp³-hybridized carbons (Fsp3) is 0.583. The highest BCUT2D eigenvalue weighted by atomic mass is 16.5. The first kappa shape index (κ1) is 10.5. The van der Waals surface area contributed by atoms with Crippen molar-refractivity contribution >= 4 is 11.7 Å². The van der Waals surface area contributed by atoms with Crippen molar-refractivity contribution in [1.29, 1.82) is 0 Å². The summed E-state index contributed by atoms with van der Waals surface area (Å²) in [5.41, 5.74) is 0.806. The van der Waals surface area contributed by atoms with Gasteiger partial charge in [0.05, 0.1) is 12.2 Å². The minimum absolute atomic E-state index is 0.133. The van der Waals surface area contributed by atoms with E-state index >= 15 is 0 Å². The number of nitrogens with one attached hydrogen (secondary N) is 2. The van der Waals surface area contributed by atoms with E-state index in [9.17, 15) is 4.79 Å². The highest BCUT2D eigenvalue weighted by Gasteiger charge is 2.38. The average molecular weight is 236 g/mol. The molecule has 0 unspecified atom stereocenters.